The van der Waals surface area contributed by atoms with Crippen molar-refractivity contribution in [2.75, 3.05) is 13.1 Å². The number of nitrogens with zero attached hydrogens (tertiary/aromatic N) is 1. The largest absolute Gasteiger partial charge is 0.444 e. The van der Waals surface area contributed by atoms with Crippen molar-refractivity contribution in [3.63, 3.8) is 0 Å². The van der Waals surface area contributed by atoms with E-state index in [1.807, 2.05) is 13.8 Å². The Bertz CT molecular complexity index is 315. The number of primary amides is 1. The molecule has 0 aliphatic heterocycles. The molecule has 84 valence electrons. The number of aryl methyl sites for hydroxylation is 2. The second kappa shape index (κ2) is 5.35. The molecule has 0 aromatic carbocycles. The number of hydrogen-bond acceptors (Lipinski definition) is 4. The molecule has 1 aromatic heterocycles. The van der Waals surface area contributed by atoms with Gasteiger partial charge in [-0.3, -0.25) is 0 Å². The molecule has 6 heteroatoms. The molecular formula is C9H16N4O2. The Morgan fingerprint density at radius 2 is 2.20 bits per heavy atom. The number of hydrogen-bond donors (Lipinski definition) is 3. The van der Waals surface area contributed by atoms with Crippen LogP contribution in [0.5, 0.6) is 0 Å². The van der Waals surface area contributed by atoms with Crippen LogP contribution in [0.1, 0.15) is 17.3 Å². The van der Waals surface area contributed by atoms with Gasteiger partial charge in [0.1, 0.15) is 5.76 Å². The molecule has 0 fully saturated rings. The number of urea groups is 1. The lowest BCUT2D eigenvalue weighted by Gasteiger charge is -2.02. The standard InChI is InChI=1S/C9H16N4O2/c1-6-7(2)15-8(13-6)5-11-3-4-12-9(10)14/h11H,3-5H2,1-2H3,(H3,10,12,14). The Morgan fingerprint density at radius 3 is 2.73 bits per heavy atom. The summed E-state index contributed by atoms with van der Waals surface area (Å²) in [5, 5.41) is 5.54. The summed E-state index contributed by atoms with van der Waals surface area (Å²) in [5.74, 6) is 1.49. The molecule has 0 spiro atoms. The molecular weight excluding hydrogens is 196 g/mol. The van der Waals surface area contributed by atoms with Gasteiger partial charge in [-0.2, -0.15) is 0 Å². The molecule has 0 radical (unpaired) electrons. The summed E-state index contributed by atoms with van der Waals surface area (Å²) in [6, 6.07) is -0.514. The van der Waals surface area contributed by atoms with E-state index in [1.54, 1.807) is 0 Å². The van der Waals surface area contributed by atoms with Crippen LogP contribution >= 0.6 is 0 Å². The first kappa shape index (κ1) is 11.5. The fraction of sp³-hybridized carbons (Fsp3) is 0.556. The van der Waals surface area contributed by atoms with Gasteiger partial charge in [-0.15, -0.1) is 0 Å². The minimum absolute atomic E-state index is 0.494. The molecule has 1 heterocycles. The van der Waals surface area contributed by atoms with Crippen molar-refractivity contribution in [2.24, 2.45) is 5.73 Å². The Hall–Kier alpha value is -1.56. The van der Waals surface area contributed by atoms with E-state index < -0.39 is 6.03 Å². The fourth-order valence-electron chi connectivity index (χ4n) is 1.08. The van der Waals surface area contributed by atoms with Crippen molar-refractivity contribution in [1.82, 2.24) is 15.6 Å². The van der Waals surface area contributed by atoms with Crippen molar-refractivity contribution >= 4 is 6.03 Å². The third-order valence-electron chi connectivity index (χ3n) is 1.95. The molecule has 0 aliphatic carbocycles. The highest BCUT2D eigenvalue weighted by Crippen LogP contribution is 2.07. The van der Waals surface area contributed by atoms with Gasteiger partial charge in [0.2, 0.25) is 5.89 Å². The van der Waals surface area contributed by atoms with Crippen LogP contribution in [0.15, 0.2) is 4.42 Å². The van der Waals surface area contributed by atoms with Gasteiger partial charge >= 0.3 is 6.03 Å². The number of carbonyl (C=O) groups is 1. The number of amides is 2. The summed E-state index contributed by atoms with van der Waals surface area (Å²) in [4.78, 5) is 14.5. The second-order valence-electron chi connectivity index (χ2n) is 3.22. The maximum absolute atomic E-state index is 10.3. The summed E-state index contributed by atoms with van der Waals surface area (Å²) < 4.78 is 5.36. The maximum atomic E-state index is 10.3. The van der Waals surface area contributed by atoms with Crippen LogP contribution in [0.25, 0.3) is 0 Å². The topological polar surface area (TPSA) is 93.2 Å². The number of nitrogens with two attached hydrogens (primary N) is 1. The molecule has 6 nitrogen and oxygen atoms in total. The van der Waals surface area contributed by atoms with E-state index in [2.05, 4.69) is 15.6 Å². The molecule has 0 saturated carbocycles. The highest BCUT2D eigenvalue weighted by molar-refractivity contribution is 5.71. The SMILES string of the molecule is Cc1nc(CNCCNC(N)=O)oc1C. The van der Waals surface area contributed by atoms with Gasteiger partial charge in [-0.1, -0.05) is 0 Å². The second-order valence-corrected chi connectivity index (χ2v) is 3.22. The minimum Gasteiger partial charge on any atom is -0.444 e. The number of nitrogens with one attached hydrogen (secondary N) is 2. The molecule has 1 aromatic rings. The molecule has 4 N–H and O–H groups in total. The highest BCUT2D eigenvalue weighted by Gasteiger charge is 2.03. The van der Waals surface area contributed by atoms with Crippen LogP contribution in [0.2, 0.25) is 0 Å². The zero-order chi connectivity index (χ0) is 11.3. The molecule has 0 aliphatic rings. The van der Waals surface area contributed by atoms with E-state index in [4.69, 9.17) is 10.2 Å². The molecule has 15 heavy (non-hydrogen) atoms. The predicted octanol–water partition coefficient (Wildman–Crippen LogP) is 0.0493. The lowest BCUT2D eigenvalue weighted by Crippen LogP contribution is -2.35. The number of oxazole rings is 1. The van der Waals surface area contributed by atoms with Gasteiger partial charge < -0.3 is 20.8 Å². The van der Waals surface area contributed by atoms with Crippen LogP contribution < -0.4 is 16.4 Å². The van der Waals surface area contributed by atoms with Gasteiger partial charge in [-0.05, 0) is 13.8 Å². The van der Waals surface area contributed by atoms with Crippen LogP contribution in [0, 0.1) is 13.8 Å². The molecule has 0 bridgehead atoms. The Labute approximate surface area is 88.2 Å². The summed E-state index contributed by atoms with van der Waals surface area (Å²) in [6.45, 7) is 5.45. The zero-order valence-electron chi connectivity index (χ0n) is 8.96. The normalized spacial score (nSPS) is 10.3. The van der Waals surface area contributed by atoms with Crippen molar-refractivity contribution in [3.8, 4) is 0 Å². The smallest absolute Gasteiger partial charge is 0.312 e. The van der Waals surface area contributed by atoms with Gasteiger partial charge in [0.05, 0.1) is 12.2 Å². The average Bonchev–Trinajstić information content (AvgIpc) is 2.45. The minimum atomic E-state index is -0.514. The van der Waals surface area contributed by atoms with Gasteiger partial charge in [0.25, 0.3) is 0 Å². The third kappa shape index (κ3) is 3.99. The maximum Gasteiger partial charge on any atom is 0.312 e. The Morgan fingerprint density at radius 1 is 1.47 bits per heavy atom. The monoisotopic (exact) mass is 212 g/mol. The van der Waals surface area contributed by atoms with Gasteiger partial charge in [-0.25, -0.2) is 9.78 Å². The summed E-state index contributed by atoms with van der Waals surface area (Å²) in [5.41, 5.74) is 5.80. The van der Waals surface area contributed by atoms with Crippen LogP contribution in [0.4, 0.5) is 4.79 Å². The van der Waals surface area contributed by atoms with Gasteiger partial charge in [0, 0.05) is 13.1 Å². The zero-order valence-corrected chi connectivity index (χ0v) is 8.96. The van der Waals surface area contributed by atoms with Crippen molar-refractivity contribution in [3.05, 3.63) is 17.3 Å². The molecule has 0 atom stereocenters. The summed E-state index contributed by atoms with van der Waals surface area (Å²) in [6.07, 6.45) is 0. The van der Waals surface area contributed by atoms with E-state index in [1.165, 1.54) is 0 Å². The first-order valence-corrected chi connectivity index (χ1v) is 4.76. The van der Waals surface area contributed by atoms with Gasteiger partial charge in [0.15, 0.2) is 0 Å². The summed E-state index contributed by atoms with van der Waals surface area (Å²) in [7, 11) is 0. The van der Waals surface area contributed by atoms with Crippen molar-refractivity contribution < 1.29 is 9.21 Å². The predicted molar refractivity (Wildman–Crippen MR) is 55.3 cm³/mol. The first-order chi connectivity index (χ1) is 7.09. The highest BCUT2D eigenvalue weighted by atomic mass is 16.4. The van der Waals surface area contributed by atoms with E-state index in [0.717, 1.165) is 11.5 Å². The van der Waals surface area contributed by atoms with Crippen LogP contribution in [-0.4, -0.2) is 24.1 Å². The lowest BCUT2D eigenvalue weighted by atomic mass is 10.4. The van der Waals surface area contributed by atoms with Crippen molar-refractivity contribution in [2.45, 2.75) is 20.4 Å². The summed E-state index contributed by atoms with van der Waals surface area (Å²) >= 11 is 0. The fourth-order valence-corrected chi connectivity index (χ4v) is 1.08. The van der Waals surface area contributed by atoms with E-state index in [0.29, 0.717) is 25.5 Å². The number of rotatable bonds is 5. The Balaban J connectivity index is 2.18. The average molecular weight is 212 g/mol. The van der Waals surface area contributed by atoms with Crippen LogP contribution in [0.3, 0.4) is 0 Å². The molecule has 2 amide bonds. The molecule has 1 rings (SSSR count). The van der Waals surface area contributed by atoms with Crippen molar-refractivity contribution in [1.29, 1.82) is 0 Å². The molecule has 0 saturated heterocycles. The molecule has 0 unspecified atom stereocenters. The number of aromatic nitrogens is 1. The number of carbonyl (C=O) groups excluding carboxylic acids is 1. The van der Waals surface area contributed by atoms with E-state index >= 15 is 0 Å². The van der Waals surface area contributed by atoms with Crippen LogP contribution in [-0.2, 0) is 6.54 Å². The van der Waals surface area contributed by atoms with E-state index in [-0.39, 0.29) is 0 Å². The quantitative estimate of drug-likeness (QED) is 0.601. The Kier molecular flexibility index (Phi) is 4.11. The first-order valence-electron chi connectivity index (χ1n) is 4.76. The third-order valence-corrected chi connectivity index (χ3v) is 1.95. The van der Waals surface area contributed by atoms with E-state index in [9.17, 15) is 4.79 Å². The lowest BCUT2D eigenvalue weighted by molar-refractivity contribution is 0.249.